The van der Waals surface area contributed by atoms with Crippen molar-refractivity contribution in [1.29, 1.82) is 0 Å². The molecule has 1 fully saturated rings. The predicted octanol–water partition coefficient (Wildman–Crippen LogP) is -1.45. The van der Waals surface area contributed by atoms with Crippen molar-refractivity contribution >= 4 is 21.8 Å². The van der Waals surface area contributed by atoms with E-state index < -0.39 is 10.0 Å². The Morgan fingerprint density at radius 1 is 1.14 bits per heavy atom. The number of carbonyl (C=O) groups is 2. The zero-order valence-electron chi connectivity index (χ0n) is 13.5. The first-order valence-electron chi connectivity index (χ1n) is 7.34. The summed E-state index contributed by atoms with van der Waals surface area (Å²) < 4.78 is 24.3. The summed E-state index contributed by atoms with van der Waals surface area (Å²) >= 11 is 0. The summed E-state index contributed by atoms with van der Waals surface area (Å²) in [4.78, 5) is 29.1. The molecule has 1 aliphatic rings. The van der Waals surface area contributed by atoms with Crippen LogP contribution in [0.4, 0.5) is 0 Å². The summed E-state index contributed by atoms with van der Waals surface area (Å²) in [5.74, 6) is -0.00550. The second-order valence-corrected chi connectivity index (χ2v) is 7.55. The van der Waals surface area contributed by atoms with E-state index in [4.69, 9.17) is 0 Å². The van der Waals surface area contributed by atoms with E-state index in [0.29, 0.717) is 26.2 Å². The highest BCUT2D eigenvalue weighted by Crippen LogP contribution is 2.05. The van der Waals surface area contributed by atoms with Crippen LogP contribution in [0.2, 0.25) is 0 Å². The lowest BCUT2D eigenvalue weighted by atomic mass is 10.3. The Morgan fingerprint density at radius 3 is 2.41 bits per heavy atom. The van der Waals surface area contributed by atoms with E-state index in [-0.39, 0.29) is 24.8 Å². The number of hydrogen-bond acceptors (Lipinski definition) is 5. The maximum atomic E-state index is 12.1. The molecule has 1 aliphatic heterocycles. The van der Waals surface area contributed by atoms with Gasteiger partial charge in [-0.25, -0.2) is 13.1 Å². The van der Waals surface area contributed by atoms with Crippen LogP contribution in [0.3, 0.4) is 0 Å². The van der Waals surface area contributed by atoms with Crippen LogP contribution in [-0.2, 0) is 19.6 Å². The van der Waals surface area contributed by atoms with E-state index in [1.54, 1.807) is 23.9 Å². The monoisotopic (exact) mass is 334 g/mol. The molecule has 0 saturated carbocycles. The Kier molecular flexibility index (Phi) is 7.24. The summed E-state index contributed by atoms with van der Waals surface area (Å²) in [6.07, 6.45) is 2.04. The second-order valence-electron chi connectivity index (χ2n) is 5.72. The zero-order chi connectivity index (χ0) is 16.8. The van der Waals surface area contributed by atoms with E-state index in [9.17, 15) is 18.0 Å². The lowest BCUT2D eigenvalue weighted by Gasteiger charge is -2.22. The minimum atomic E-state index is -3.26. The standard InChI is InChI=1S/C13H26N4O4S/c1-15(2)13(19)11-16-7-4-8-17(10-9-16)12(18)5-6-14-22(3,20)21/h14H,4-11H2,1-3H3. The van der Waals surface area contributed by atoms with Gasteiger partial charge in [0.15, 0.2) is 0 Å². The second kappa shape index (κ2) is 8.44. The van der Waals surface area contributed by atoms with Crippen LogP contribution in [0, 0.1) is 0 Å². The quantitative estimate of drug-likeness (QED) is 0.642. The Hall–Kier alpha value is -1.19. The van der Waals surface area contributed by atoms with E-state index in [1.807, 2.05) is 4.90 Å². The molecule has 0 unspecified atom stereocenters. The van der Waals surface area contributed by atoms with E-state index in [2.05, 4.69) is 4.72 Å². The average Bonchev–Trinajstić information content (AvgIpc) is 2.62. The van der Waals surface area contributed by atoms with Crippen LogP contribution in [0.5, 0.6) is 0 Å². The van der Waals surface area contributed by atoms with Gasteiger partial charge in [0.1, 0.15) is 0 Å². The summed E-state index contributed by atoms with van der Waals surface area (Å²) in [6, 6.07) is 0. The fourth-order valence-electron chi connectivity index (χ4n) is 2.21. The fraction of sp³-hybridized carbons (Fsp3) is 0.846. The van der Waals surface area contributed by atoms with Gasteiger partial charge in [-0.1, -0.05) is 0 Å². The Balaban J connectivity index is 2.39. The normalized spacial score (nSPS) is 17.1. The van der Waals surface area contributed by atoms with Gasteiger partial charge in [-0.3, -0.25) is 14.5 Å². The topological polar surface area (TPSA) is 90.0 Å². The average molecular weight is 334 g/mol. The van der Waals surface area contributed by atoms with Gasteiger partial charge in [-0.2, -0.15) is 0 Å². The van der Waals surface area contributed by atoms with Crippen molar-refractivity contribution in [3.05, 3.63) is 0 Å². The van der Waals surface area contributed by atoms with Gasteiger partial charge in [-0.15, -0.1) is 0 Å². The first-order chi connectivity index (χ1) is 10.2. The SMILES string of the molecule is CN(C)C(=O)CN1CCCN(C(=O)CCNS(C)(=O)=O)CC1. The third-order valence-corrected chi connectivity index (χ3v) is 4.23. The number of sulfonamides is 1. The van der Waals surface area contributed by atoms with Crippen LogP contribution >= 0.6 is 0 Å². The van der Waals surface area contributed by atoms with E-state index in [0.717, 1.165) is 19.2 Å². The first-order valence-corrected chi connectivity index (χ1v) is 9.23. The van der Waals surface area contributed by atoms with Crippen molar-refractivity contribution in [2.45, 2.75) is 12.8 Å². The smallest absolute Gasteiger partial charge is 0.236 e. The first kappa shape index (κ1) is 18.9. The number of rotatable bonds is 6. The molecule has 2 amide bonds. The van der Waals surface area contributed by atoms with Crippen molar-refractivity contribution in [3.8, 4) is 0 Å². The van der Waals surface area contributed by atoms with Crippen LogP contribution < -0.4 is 4.72 Å². The molecule has 0 aromatic carbocycles. The number of amides is 2. The van der Waals surface area contributed by atoms with Crippen molar-refractivity contribution in [2.24, 2.45) is 0 Å². The van der Waals surface area contributed by atoms with Crippen LogP contribution in [0.1, 0.15) is 12.8 Å². The molecule has 0 radical (unpaired) electrons. The van der Waals surface area contributed by atoms with Gasteiger partial charge >= 0.3 is 0 Å². The highest BCUT2D eigenvalue weighted by atomic mass is 32.2. The van der Waals surface area contributed by atoms with Gasteiger partial charge < -0.3 is 9.80 Å². The lowest BCUT2D eigenvalue weighted by molar-refractivity contribution is -0.130. The van der Waals surface area contributed by atoms with Crippen molar-refractivity contribution in [3.63, 3.8) is 0 Å². The molecular weight excluding hydrogens is 308 g/mol. The van der Waals surface area contributed by atoms with Gasteiger partial charge in [-0.05, 0) is 6.42 Å². The summed E-state index contributed by atoms with van der Waals surface area (Å²) in [5, 5.41) is 0. The Bertz CT molecular complexity index is 492. The molecule has 0 aliphatic carbocycles. The molecule has 1 rings (SSSR count). The summed E-state index contributed by atoms with van der Waals surface area (Å²) in [5.41, 5.74) is 0. The molecule has 1 N–H and O–H groups in total. The van der Waals surface area contributed by atoms with Gasteiger partial charge in [0, 0.05) is 53.2 Å². The van der Waals surface area contributed by atoms with Crippen LogP contribution in [0.25, 0.3) is 0 Å². The van der Waals surface area contributed by atoms with Crippen molar-refractivity contribution in [1.82, 2.24) is 19.4 Å². The van der Waals surface area contributed by atoms with Gasteiger partial charge in [0.05, 0.1) is 12.8 Å². The van der Waals surface area contributed by atoms with E-state index >= 15 is 0 Å². The third-order valence-electron chi connectivity index (χ3n) is 3.50. The molecule has 8 nitrogen and oxygen atoms in total. The molecule has 0 aromatic rings. The molecule has 9 heteroatoms. The Morgan fingerprint density at radius 2 is 1.82 bits per heavy atom. The Labute approximate surface area is 132 Å². The van der Waals surface area contributed by atoms with E-state index in [1.165, 1.54) is 0 Å². The predicted molar refractivity (Wildman–Crippen MR) is 83.8 cm³/mol. The maximum absolute atomic E-state index is 12.1. The molecular formula is C13H26N4O4S. The molecule has 22 heavy (non-hydrogen) atoms. The number of hydrogen-bond donors (Lipinski definition) is 1. The molecule has 1 saturated heterocycles. The van der Waals surface area contributed by atoms with Crippen LogP contribution in [0.15, 0.2) is 0 Å². The van der Waals surface area contributed by atoms with Crippen LogP contribution in [-0.4, -0.2) is 94.6 Å². The molecule has 0 spiro atoms. The molecule has 0 aromatic heterocycles. The fourth-order valence-corrected chi connectivity index (χ4v) is 2.69. The minimum absolute atomic E-state index is 0.0529. The summed E-state index contributed by atoms with van der Waals surface area (Å²) in [7, 11) is 0.195. The van der Waals surface area contributed by atoms with Crippen molar-refractivity contribution in [2.75, 3.05) is 59.6 Å². The minimum Gasteiger partial charge on any atom is -0.348 e. The number of likely N-dealkylation sites (N-methyl/N-ethyl adjacent to an activating group) is 1. The molecule has 0 atom stereocenters. The third kappa shape index (κ3) is 7.19. The number of nitrogens with zero attached hydrogens (tertiary/aromatic N) is 3. The highest BCUT2D eigenvalue weighted by molar-refractivity contribution is 7.88. The maximum Gasteiger partial charge on any atom is 0.236 e. The number of carbonyl (C=O) groups excluding carboxylic acids is 2. The molecule has 1 heterocycles. The largest absolute Gasteiger partial charge is 0.348 e. The van der Waals surface area contributed by atoms with Gasteiger partial charge in [0.25, 0.3) is 0 Å². The molecule has 128 valence electrons. The van der Waals surface area contributed by atoms with Crippen molar-refractivity contribution < 1.29 is 18.0 Å². The summed E-state index contributed by atoms with van der Waals surface area (Å²) in [6.45, 7) is 3.14. The zero-order valence-corrected chi connectivity index (χ0v) is 14.4. The molecule has 0 bridgehead atoms. The number of nitrogens with one attached hydrogen (secondary N) is 1. The highest BCUT2D eigenvalue weighted by Gasteiger charge is 2.20. The lowest BCUT2D eigenvalue weighted by Crippen LogP contribution is -2.40. The van der Waals surface area contributed by atoms with Gasteiger partial charge in [0.2, 0.25) is 21.8 Å².